The zero-order chi connectivity index (χ0) is 25.3. The lowest BCUT2D eigenvalue weighted by molar-refractivity contribution is -0.376. The van der Waals surface area contributed by atoms with E-state index < -0.39 is 69.2 Å². The van der Waals surface area contributed by atoms with Gasteiger partial charge in [-0.05, 0) is 11.5 Å². The third kappa shape index (κ3) is 3.35. The maximum Gasteiger partial charge on any atom is 0.430 e. The van der Waals surface area contributed by atoms with E-state index in [9.17, 15) is 62.9 Å². The third-order valence-electron chi connectivity index (χ3n) is 4.67. The molecule has 0 fully saturated rings. The number of nitrogen functional groups attached to an aromatic ring is 2. The molecule has 2 aromatic carbocycles. The van der Waals surface area contributed by atoms with E-state index in [-0.39, 0.29) is 24.3 Å². The Bertz CT molecular complexity index is 1010. The van der Waals surface area contributed by atoms with Crippen molar-refractivity contribution < 1.29 is 62.9 Å². The second-order valence-electron chi connectivity index (χ2n) is 6.56. The number of anilines is 2. The first-order chi connectivity index (χ1) is 14.0. The Labute approximate surface area is 169 Å². The van der Waals surface area contributed by atoms with Gasteiger partial charge in [0.1, 0.15) is 0 Å². The van der Waals surface area contributed by atoms with Crippen LogP contribution in [-0.2, 0) is 11.2 Å². The van der Waals surface area contributed by atoms with Crippen LogP contribution in [-0.4, -0.2) is 34.9 Å². The van der Waals surface area contributed by atoms with E-state index >= 15 is 0 Å². The molecule has 0 aliphatic carbocycles. The summed E-state index contributed by atoms with van der Waals surface area (Å²) < 4.78 is 158. The highest BCUT2D eigenvalue weighted by Gasteiger charge is 2.73. The fourth-order valence-electron chi connectivity index (χ4n) is 3.06. The van der Waals surface area contributed by atoms with Crippen LogP contribution in [0.2, 0.25) is 0 Å². The maximum atomic E-state index is 13.2. The summed E-state index contributed by atoms with van der Waals surface area (Å²) in [5, 5.41) is 16.4. The smallest absolute Gasteiger partial charge is 0.398 e. The summed E-state index contributed by atoms with van der Waals surface area (Å²) in [5.41, 5.74) is -7.43. The predicted octanol–water partition coefficient (Wildman–Crippen LogP) is 4.63. The molecule has 6 N–H and O–H groups in total. The Kier molecular flexibility index (Phi) is 5.56. The van der Waals surface area contributed by atoms with Crippen LogP contribution < -0.4 is 11.5 Å². The van der Waals surface area contributed by atoms with Crippen LogP contribution >= 0.6 is 0 Å². The van der Waals surface area contributed by atoms with Crippen molar-refractivity contribution in [3.63, 3.8) is 0 Å². The van der Waals surface area contributed by atoms with Crippen LogP contribution in [0.3, 0.4) is 0 Å². The number of nitrogens with two attached hydrogens (primary N) is 2. The van der Waals surface area contributed by atoms with Crippen molar-refractivity contribution in [1.29, 1.82) is 0 Å². The topological polar surface area (TPSA) is 92.5 Å². The molecule has 0 spiro atoms. The molecule has 0 atom stereocenters. The van der Waals surface area contributed by atoms with Gasteiger partial charge in [0.25, 0.3) is 11.2 Å². The zero-order valence-corrected chi connectivity index (χ0v) is 14.9. The molecule has 0 aromatic heterocycles. The van der Waals surface area contributed by atoms with Gasteiger partial charge >= 0.3 is 24.7 Å². The molecule has 0 aliphatic heterocycles. The molecular weight excluding hydrogens is 480 g/mol. The summed E-state index contributed by atoms with van der Waals surface area (Å²) in [7, 11) is 0. The molecular formula is C16H10F12N2O2. The van der Waals surface area contributed by atoms with Gasteiger partial charge in [-0.2, -0.15) is 52.7 Å². The Balaban J connectivity index is 3.07. The van der Waals surface area contributed by atoms with E-state index in [0.717, 1.165) is 0 Å². The number of fused-ring (bicyclic) bond motifs is 1. The van der Waals surface area contributed by atoms with E-state index in [1.807, 2.05) is 0 Å². The Morgan fingerprint density at radius 2 is 0.875 bits per heavy atom. The number of hydrogen-bond donors (Lipinski definition) is 4. The first-order valence-corrected chi connectivity index (χ1v) is 7.86. The Morgan fingerprint density at radius 3 is 1.25 bits per heavy atom. The summed E-state index contributed by atoms with van der Waals surface area (Å²) in [6.07, 6.45) is -25.8. The minimum atomic E-state index is -6.46. The minimum absolute atomic E-state index is 0.0301. The first-order valence-electron chi connectivity index (χ1n) is 7.86. The lowest BCUT2D eigenvalue weighted by atomic mass is 9.83. The molecule has 4 nitrogen and oxygen atoms in total. The third-order valence-corrected chi connectivity index (χ3v) is 4.67. The van der Waals surface area contributed by atoms with Crippen molar-refractivity contribution >= 4 is 22.1 Å². The average Bonchev–Trinajstić information content (AvgIpc) is 2.57. The second-order valence-corrected chi connectivity index (χ2v) is 6.56. The highest BCUT2D eigenvalue weighted by molar-refractivity contribution is 6.05. The standard InChI is InChI=1S/C16H10F12N2O2/c17-13(18,19)11(31,14(20,21)22)6-3-4-8(29)9-5(6)1-2-7(10(9)30)12(32,15(23,24)25)16(26,27)28/h1-4,31-32H,29-30H2. The van der Waals surface area contributed by atoms with Crippen LogP contribution in [0.1, 0.15) is 11.1 Å². The summed E-state index contributed by atoms with van der Waals surface area (Å²) in [5.74, 6) is 0. The molecule has 0 saturated carbocycles. The average molecular weight is 490 g/mol. The van der Waals surface area contributed by atoms with Gasteiger partial charge in [0.2, 0.25) is 0 Å². The van der Waals surface area contributed by atoms with Gasteiger partial charge < -0.3 is 21.7 Å². The van der Waals surface area contributed by atoms with Gasteiger partial charge in [-0.15, -0.1) is 0 Å². The van der Waals surface area contributed by atoms with Crippen LogP contribution in [0, 0.1) is 0 Å². The minimum Gasteiger partial charge on any atom is -0.398 e. The molecule has 0 unspecified atom stereocenters. The van der Waals surface area contributed by atoms with Gasteiger partial charge in [0.15, 0.2) is 0 Å². The van der Waals surface area contributed by atoms with E-state index in [4.69, 9.17) is 11.5 Å². The van der Waals surface area contributed by atoms with Crippen molar-refractivity contribution in [2.75, 3.05) is 11.5 Å². The second kappa shape index (κ2) is 6.94. The summed E-state index contributed by atoms with van der Waals surface area (Å²) in [6.45, 7) is 0. The molecule has 2 aromatic rings. The fourth-order valence-corrected chi connectivity index (χ4v) is 3.06. The molecule has 0 heterocycles. The monoisotopic (exact) mass is 490 g/mol. The number of rotatable bonds is 2. The number of alkyl halides is 12. The molecule has 2 rings (SSSR count). The van der Waals surface area contributed by atoms with Crippen molar-refractivity contribution in [2.24, 2.45) is 0 Å². The SMILES string of the molecule is Nc1ccc(C(O)(C(F)(F)F)C(F)(F)F)c2ccc(C(O)(C(F)(F)F)C(F)(F)F)c(N)c12. The van der Waals surface area contributed by atoms with Crippen LogP contribution in [0.5, 0.6) is 0 Å². The van der Waals surface area contributed by atoms with Crippen molar-refractivity contribution in [2.45, 2.75) is 35.9 Å². The largest absolute Gasteiger partial charge is 0.430 e. The van der Waals surface area contributed by atoms with Crippen LogP contribution in [0.15, 0.2) is 24.3 Å². The van der Waals surface area contributed by atoms with Gasteiger partial charge in [-0.3, -0.25) is 0 Å². The van der Waals surface area contributed by atoms with E-state index in [2.05, 4.69) is 0 Å². The highest BCUT2D eigenvalue weighted by Crippen LogP contribution is 2.55. The lowest BCUT2D eigenvalue weighted by Crippen LogP contribution is -2.54. The highest BCUT2D eigenvalue weighted by atomic mass is 19.4. The quantitative estimate of drug-likeness (QED) is 0.365. The van der Waals surface area contributed by atoms with Crippen molar-refractivity contribution in [3.8, 4) is 0 Å². The van der Waals surface area contributed by atoms with Gasteiger partial charge in [0.05, 0.1) is 0 Å². The van der Waals surface area contributed by atoms with Gasteiger partial charge in [-0.25, -0.2) is 0 Å². The first kappa shape index (κ1) is 25.6. The number of halogens is 12. The Morgan fingerprint density at radius 1 is 0.531 bits per heavy atom. The lowest BCUT2D eigenvalue weighted by Gasteiger charge is -2.35. The summed E-state index contributed by atoms with van der Waals surface area (Å²) in [4.78, 5) is 0. The van der Waals surface area contributed by atoms with Crippen molar-refractivity contribution in [1.82, 2.24) is 0 Å². The Hall–Kier alpha value is -2.62. The number of benzene rings is 2. The summed E-state index contributed by atoms with van der Waals surface area (Å²) in [6, 6.07) is 0.0182. The van der Waals surface area contributed by atoms with E-state index in [1.54, 1.807) is 0 Å². The molecule has 0 saturated heterocycles. The normalized spacial score (nSPS) is 14.8. The number of aliphatic hydroxyl groups is 2. The predicted molar refractivity (Wildman–Crippen MR) is 84.8 cm³/mol. The molecule has 0 radical (unpaired) electrons. The molecule has 16 heteroatoms. The molecule has 180 valence electrons. The van der Waals surface area contributed by atoms with E-state index in [0.29, 0.717) is 0 Å². The molecule has 0 amide bonds. The van der Waals surface area contributed by atoms with Gasteiger partial charge in [0, 0.05) is 27.9 Å². The van der Waals surface area contributed by atoms with E-state index in [1.165, 1.54) is 0 Å². The zero-order valence-electron chi connectivity index (χ0n) is 14.9. The fraction of sp³-hybridized carbons (Fsp3) is 0.375. The van der Waals surface area contributed by atoms with Gasteiger partial charge in [-0.1, -0.05) is 18.2 Å². The van der Waals surface area contributed by atoms with Crippen molar-refractivity contribution in [3.05, 3.63) is 35.4 Å². The summed E-state index contributed by atoms with van der Waals surface area (Å²) >= 11 is 0. The maximum absolute atomic E-state index is 13.2. The molecule has 0 bridgehead atoms. The molecule has 32 heavy (non-hydrogen) atoms. The van der Waals surface area contributed by atoms with Crippen LogP contribution in [0.25, 0.3) is 10.8 Å². The molecule has 0 aliphatic rings. The van der Waals surface area contributed by atoms with Crippen LogP contribution in [0.4, 0.5) is 64.1 Å². The number of hydrogen-bond acceptors (Lipinski definition) is 4.